The molecule has 2 bridgehead atoms. The van der Waals surface area contributed by atoms with Crippen LogP contribution in [0.1, 0.15) is 113 Å². The van der Waals surface area contributed by atoms with Crippen molar-refractivity contribution in [2.75, 3.05) is 6.61 Å². The third-order valence-electron chi connectivity index (χ3n) is 14.6. The number of hydrogen-bond acceptors (Lipinski definition) is 5. The van der Waals surface area contributed by atoms with E-state index < -0.39 is 5.41 Å². The smallest absolute Gasteiger partial charge is 0.311 e. The van der Waals surface area contributed by atoms with Crippen LogP contribution in [-0.2, 0) is 23.9 Å². The summed E-state index contributed by atoms with van der Waals surface area (Å²) in [7, 11) is 0. The molecule has 206 valence electrons. The molecule has 0 amide bonds. The SMILES string of the molecule is CC(=O)O[C@@H]1C[C@]2(C)[C@H]3CC[C@@]4(C)[C@@H](CCC(=O)[C@@H]4C)[C@]3(C)CC[C@@]2(C)[C@@H]2C[C@]3(C)CC[C@@]21COC3=O. The maximum atomic E-state index is 13.2. The molecule has 0 N–H and O–H groups in total. The molecule has 7 fully saturated rings. The van der Waals surface area contributed by atoms with Gasteiger partial charge in [0.1, 0.15) is 18.5 Å². The lowest BCUT2D eigenvalue weighted by Crippen LogP contribution is -2.71. The number of carbonyl (C=O) groups excluding carboxylic acids is 3. The van der Waals surface area contributed by atoms with Crippen molar-refractivity contribution < 1.29 is 23.9 Å². The van der Waals surface area contributed by atoms with Crippen molar-refractivity contribution in [2.45, 2.75) is 119 Å². The van der Waals surface area contributed by atoms with Gasteiger partial charge in [-0.3, -0.25) is 14.4 Å². The van der Waals surface area contributed by atoms with Gasteiger partial charge in [0.25, 0.3) is 0 Å². The molecular formula is C32H48O5. The van der Waals surface area contributed by atoms with E-state index in [1.54, 1.807) is 0 Å². The van der Waals surface area contributed by atoms with Crippen molar-refractivity contribution in [3.05, 3.63) is 0 Å². The van der Waals surface area contributed by atoms with E-state index in [4.69, 9.17) is 9.47 Å². The van der Waals surface area contributed by atoms with Gasteiger partial charge < -0.3 is 9.47 Å². The van der Waals surface area contributed by atoms with Gasteiger partial charge in [-0.15, -0.1) is 0 Å². The van der Waals surface area contributed by atoms with Gasteiger partial charge in [0.15, 0.2) is 0 Å². The highest BCUT2D eigenvalue weighted by Gasteiger charge is 2.75. The molecule has 7 aliphatic rings. The molecule has 1 spiro atoms. The van der Waals surface area contributed by atoms with E-state index in [0.29, 0.717) is 24.2 Å². The molecule has 11 atom stereocenters. The van der Waals surface area contributed by atoms with Crippen molar-refractivity contribution in [2.24, 2.45) is 56.2 Å². The minimum absolute atomic E-state index is 0.00799. The molecule has 2 heterocycles. The summed E-state index contributed by atoms with van der Waals surface area (Å²) in [6.45, 7) is 16.2. The standard InChI is InChI=1S/C32H48O5/c1-19-21(34)8-9-22-28(19,4)11-10-23-29(22,5)13-14-30(6)24-16-27(3)12-15-32(24,18-36-26(27)35)25(37-20(2)33)17-31(23,30)7/h19,22-25H,8-18H2,1-7H3/t19-,22+,23-,24-,25+,27-,28+,29-,30-,31+,32+/m0/s1. The fourth-order valence-corrected chi connectivity index (χ4v) is 12.0. The second kappa shape index (κ2) is 7.62. The number of ether oxygens (including phenoxy) is 2. The number of Topliss-reactive ketones (excluding diaryl/α,β-unsaturated/α-hetero) is 1. The summed E-state index contributed by atoms with van der Waals surface area (Å²) < 4.78 is 12.3. The van der Waals surface area contributed by atoms with Crippen LogP contribution in [0.15, 0.2) is 0 Å². The summed E-state index contributed by atoms with van der Waals surface area (Å²) in [5.74, 6) is 1.66. The molecule has 0 unspecified atom stereocenters. The molecule has 37 heavy (non-hydrogen) atoms. The zero-order valence-electron chi connectivity index (χ0n) is 24.2. The summed E-state index contributed by atoms with van der Waals surface area (Å²) in [6.07, 6.45) is 9.47. The number of ketones is 1. The van der Waals surface area contributed by atoms with E-state index >= 15 is 0 Å². The van der Waals surface area contributed by atoms with E-state index in [-0.39, 0.29) is 57.0 Å². The average Bonchev–Trinajstić information content (AvgIpc) is 3.02. The van der Waals surface area contributed by atoms with Crippen LogP contribution in [0.4, 0.5) is 0 Å². The van der Waals surface area contributed by atoms with Crippen LogP contribution in [0.2, 0.25) is 0 Å². The Bertz CT molecular complexity index is 1050. The van der Waals surface area contributed by atoms with Gasteiger partial charge in [-0.25, -0.2) is 0 Å². The first-order chi connectivity index (χ1) is 17.2. The molecule has 5 saturated carbocycles. The number of hydrogen-bond donors (Lipinski definition) is 0. The zero-order chi connectivity index (χ0) is 26.8. The van der Waals surface area contributed by atoms with Crippen molar-refractivity contribution in [3.63, 3.8) is 0 Å². The molecular weight excluding hydrogens is 464 g/mol. The maximum absolute atomic E-state index is 13.2. The number of rotatable bonds is 1. The van der Waals surface area contributed by atoms with E-state index in [9.17, 15) is 14.4 Å². The van der Waals surface area contributed by atoms with Gasteiger partial charge >= 0.3 is 11.9 Å². The van der Waals surface area contributed by atoms with Gasteiger partial charge in [0, 0.05) is 24.7 Å². The summed E-state index contributed by atoms with van der Waals surface area (Å²) in [4.78, 5) is 38.5. The predicted molar refractivity (Wildman–Crippen MR) is 140 cm³/mol. The minimum Gasteiger partial charge on any atom is -0.465 e. The summed E-state index contributed by atoms with van der Waals surface area (Å²) in [5, 5.41) is 0. The third kappa shape index (κ3) is 3.01. The van der Waals surface area contributed by atoms with Crippen LogP contribution in [0, 0.1) is 56.2 Å². The third-order valence-corrected chi connectivity index (χ3v) is 14.6. The Morgan fingerprint density at radius 3 is 2.27 bits per heavy atom. The first-order valence-corrected chi connectivity index (χ1v) is 15.0. The summed E-state index contributed by atoms with van der Waals surface area (Å²) >= 11 is 0. The van der Waals surface area contributed by atoms with Crippen molar-refractivity contribution in [1.29, 1.82) is 0 Å². The quantitative estimate of drug-likeness (QED) is 0.374. The van der Waals surface area contributed by atoms with Gasteiger partial charge in [-0.2, -0.15) is 0 Å². The average molecular weight is 513 g/mol. The first-order valence-electron chi connectivity index (χ1n) is 15.0. The number of carbonyl (C=O) groups is 3. The minimum atomic E-state index is -0.447. The zero-order valence-corrected chi connectivity index (χ0v) is 24.2. The molecule has 0 aromatic carbocycles. The number of fused-ring (bicyclic) bond motifs is 8. The van der Waals surface area contributed by atoms with E-state index in [0.717, 1.165) is 57.8 Å². The molecule has 7 rings (SSSR count). The Morgan fingerprint density at radius 2 is 1.57 bits per heavy atom. The normalized spacial score (nSPS) is 56.7. The van der Waals surface area contributed by atoms with Gasteiger partial charge in [0.05, 0.1) is 5.41 Å². The second-order valence-electron chi connectivity index (χ2n) is 15.6. The molecule has 2 aliphatic heterocycles. The lowest BCUT2D eigenvalue weighted by molar-refractivity contribution is -0.284. The molecule has 5 aliphatic carbocycles. The van der Waals surface area contributed by atoms with Crippen molar-refractivity contribution in [1.82, 2.24) is 0 Å². The second-order valence-corrected chi connectivity index (χ2v) is 15.6. The fraction of sp³-hybridized carbons (Fsp3) is 0.906. The highest BCUT2D eigenvalue weighted by molar-refractivity contribution is 5.82. The highest BCUT2D eigenvalue weighted by Crippen LogP contribution is 2.79. The lowest BCUT2D eigenvalue weighted by atomic mass is 9.29. The monoisotopic (exact) mass is 512 g/mol. The van der Waals surface area contributed by atoms with Gasteiger partial charge in [-0.1, -0.05) is 34.6 Å². The van der Waals surface area contributed by atoms with E-state index in [1.165, 1.54) is 13.3 Å². The van der Waals surface area contributed by atoms with Gasteiger partial charge in [-0.05, 0) is 104 Å². The molecule has 0 aromatic heterocycles. The van der Waals surface area contributed by atoms with E-state index in [2.05, 4.69) is 41.5 Å². The van der Waals surface area contributed by atoms with Crippen LogP contribution >= 0.6 is 0 Å². The first kappa shape index (κ1) is 25.9. The highest BCUT2D eigenvalue weighted by atomic mass is 16.6. The van der Waals surface area contributed by atoms with Crippen LogP contribution in [0.3, 0.4) is 0 Å². The Morgan fingerprint density at radius 1 is 0.838 bits per heavy atom. The fourth-order valence-electron chi connectivity index (χ4n) is 12.0. The lowest BCUT2D eigenvalue weighted by Gasteiger charge is -2.75. The topological polar surface area (TPSA) is 69.7 Å². The number of esters is 2. The van der Waals surface area contributed by atoms with Crippen LogP contribution in [-0.4, -0.2) is 30.4 Å². The van der Waals surface area contributed by atoms with Crippen molar-refractivity contribution >= 4 is 17.7 Å². The van der Waals surface area contributed by atoms with Crippen molar-refractivity contribution in [3.8, 4) is 0 Å². The molecule has 0 aromatic rings. The molecule has 5 nitrogen and oxygen atoms in total. The Labute approximate surface area is 223 Å². The molecule has 5 heteroatoms. The van der Waals surface area contributed by atoms with Gasteiger partial charge in [0.2, 0.25) is 0 Å². The van der Waals surface area contributed by atoms with Crippen LogP contribution < -0.4 is 0 Å². The van der Waals surface area contributed by atoms with Crippen LogP contribution in [0.25, 0.3) is 0 Å². The Balaban J connectivity index is 1.47. The summed E-state index contributed by atoms with van der Waals surface area (Å²) in [6, 6.07) is 0. The molecule has 2 saturated heterocycles. The predicted octanol–water partition coefficient (Wildman–Crippen LogP) is 6.52. The maximum Gasteiger partial charge on any atom is 0.311 e. The van der Waals surface area contributed by atoms with Crippen LogP contribution in [0.5, 0.6) is 0 Å². The Hall–Kier alpha value is -1.39. The Kier molecular flexibility index (Phi) is 5.33. The molecule has 0 radical (unpaired) electrons. The summed E-state index contributed by atoms with van der Waals surface area (Å²) in [5.41, 5.74) is -0.447. The largest absolute Gasteiger partial charge is 0.465 e. The van der Waals surface area contributed by atoms with E-state index in [1.807, 2.05) is 0 Å².